The van der Waals surface area contributed by atoms with E-state index in [4.69, 9.17) is 10.2 Å². The second-order valence-electron chi connectivity index (χ2n) is 2.64. The molecule has 0 radical (unpaired) electrons. The Morgan fingerprint density at radius 2 is 2.00 bits per heavy atom. The van der Waals surface area contributed by atoms with Crippen molar-refractivity contribution in [3.63, 3.8) is 0 Å². The molecule has 6 heteroatoms. The van der Waals surface area contributed by atoms with Gasteiger partial charge in [0.15, 0.2) is 0 Å². The quantitative estimate of drug-likeness (QED) is 0.563. The van der Waals surface area contributed by atoms with Crippen molar-refractivity contribution in [3.05, 3.63) is 5.32 Å². The van der Waals surface area contributed by atoms with Crippen molar-refractivity contribution in [2.75, 3.05) is 20.6 Å². The summed E-state index contributed by atoms with van der Waals surface area (Å²) in [4.78, 5) is 10.2. The number of aliphatic hydroxyl groups is 1. The summed E-state index contributed by atoms with van der Waals surface area (Å²) in [5.74, 6) is -0.883. The van der Waals surface area contributed by atoms with Crippen LogP contribution in [0.4, 0.5) is 0 Å². The molecule has 0 unspecified atom stereocenters. The van der Waals surface area contributed by atoms with Crippen molar-refractivity contribution in [2.24, 2.45) is 0 Å². The second kappa shape index (κ2) is 8.25. The number of halogens is 1. The van der Waals surface area contributed by atoms with Crippen LogP contribution < -0.4 is 5.32 Å². The van der Waals surface area contributed by atoms with E-state index in [1.54, 1.807) is 14.1 Å². The van der Waals surface area contributed by atoms with E-state index in [1.165, 1.54) is 0 Å². The molecule has 5 nitrogen and oxygen atoms in total. The summed E-state index contributed by atoms with van der Waals surface area (Å²) < 4.78 is 0. The summed E-state index contributed by atoms with van der Waals surface area (Å²) in [5, 5.41) is 23.3. The number of carboxylic acid groups (broad SMARTS) is 1. The molecule has 1 aliphatic heterocycles. The maximum atomic E-state index is 10.2. The van der Waals surface area contributed by atoms with Gasteiger partial charge in [0.05, 0.1) is 6.10 Å². The Morgan fingerprint density at radius 1 is 1.54 bits per heavy atom. The van der Waals surface area contributed by atoms with Gasteiger partial charge in [-0.2, -0.15) is 14.1 Å². The maximum absolute atomic E-state index is 10.2. The average molecular weight is 212 g/mol. The van der Waals surface area contributed by atoms with Gasteiger partial charge in [0.2, 0.25) is 0 Å². The number of aliphatic carboxylic acids is 1. The highest BCUT2D eigenvalue weighted by Gasteiger charge is 2.27. The van der Waals surface area contributed by atoms with Crippen LogP contribution in [0.3, 0.4) is 0 Å². The molecule has 0 bridgehead atoms. The second-order valence-corrected chi connectivity index (χ2v) is 2.64. The number of hydrogen-bond donors (Lipinski definition) is 3. The Bertz CT molecular complexity index is 146. The first kappa shape index (κ1) is 15.1. The summed E-state index contributed by atoms with van der Waals surface area (Å²) in [5.41, 5.74) is 0. The molecule has 1 saturated heterocycles. The lowest BCUT2D eigenvalue weighted by Crippen LogP contribution is -2.29. The van der Waals surface area contributed by atoms with Gasteiger partial charge in [-0.15, -0.1) is 12.4 Å². The minimum Gasteiger partial charge on any atom is -0.668 e. The molecular formula is C7H16ClN2O3-. The zero-order valence-electron chi connectivity index (χ0n) is 7.73. The summed E-state index contributed by atoms with van der Waals surface area (Å²) in [6.45, 7) is 0.400. The van der Waals surface area contributed by atoms with Crippen LogP contribution in [0, 0.1) is 0 Å². The fourth-order valence-electron chi connectivity index (χ4n) is 0.905. The standard InChI is InChI=1S/C5H9NO3.C2H6N.ClH/c7-3-1-4(5(8)9)6-2-3;1-3-2;/h3-4,6-7H,1-2H2,(H,8,9);1-2H3;1H/q;-1;/t3-,4+;;/m1../s1. The molecule has 80 valence electrons. The summed E-state index contributed by atoms with van der Waals surface area (Å²) in [6, 6.07) is -0.542. The number of nitrogens with one attached hydrogen (secondary N) is 1. The fraction of sp³-hybridized carbons (Fsp3) is 0.857. The van der Waals surface area contributed by atoms with Gasteiger partial charge < -0.3 is 20.8 Å². The molecule has 0 aromatic heterocycles. The van der Waals surface area contributed by atoms with Crippen molar-refractivity contribution < 1.29 is 15.0 Å². The monoisotopic (exact) mass is 211 g/mol. The molecule has 1 heterocycles. The predicted molar refractivity (Wildman–Crippen MR) is 52.5 cm³/mol. The molecule has 0 amide bonds. The molecule has 3 N–H and O–H groups in total. The zero-order chi connectivity index (χ0) is 9.56. The number of hydrogen-bond acceptors (Lipinski definition) is 3. The summed E-state index contributed by atoms with van der Waals surface area (Å²) in [7, 11) is 3.50. The minimum absolute atomic E-state index is 0. The van der Waals surface area contributed by atoms with Crippen LogP contribution in [0.2, 0.25) is 0 Å². The average Bonchev–Trinajstić information content (AvgIpc) is 2.37. The molecule has 2 atom stereocenters. The number of β-amino-alcohol motifs (C(OH)–C–C–N with tert-alkyl or cyclic N) is 1. The number of nitrogens with zero attached hydrogens (tertiary/aromatic N) is 1. The Kier molecular flexibility index (Phi) is 9.60. The molecule has 0 aromatic carbocycles. The molecule has 0 spiro atoms. The number of rotatable bonds is 1. The van der Waals surface area contributed by atoms with Gasteiger partial charge in [-0.25, -0.2) is 0 Å². The van der Waals surface area contributed by atoms with Gasteiger partial charge in [0, 0.05) is 13.0 Å². The van der Waals surface area contributed by atoms with Gasteiger partial charge >= 0.3 is 5.97 Å². The van der Waals surface area contributed by atoms with Crippen LogP contribution in [-0.4, -0.2) is 49.0 Å². The van der Waals surface area contributed by atoms with Crippen molar-refractivity contribution in [1.82, 2.24) is 5.32 Å². The lowest BCUT2D eigenvalue weighted by Gasteiger charge is -1.99. The largest absolute Gasteiger partial charge is 0.668 e. The van der Waals surface area contributed by atoms with Gasteiger partial charge in [-0.05, 0) is 0 Å². The smallest absolute Gasteiger partial charge is 0.320 e. The first-order valence-corrected chi connectivity index (χ1v) is 3.74. The molecule has 1 rings (SSSR count). The summed E-state index contributed by atoms with van der Waals surface area (Å²) in [6.07, 6.45) is -0.152. The Balaban J connectivity index is 0. The van der Waals surface area contributed by atoms with Crippen LogP contribution in [0.15, 0.2) is 0 Å². The normalized spacial score (nSPS) is 25.5. The van der Waals surface area contributed by atoms with E-state index in [2.05, 4.69) is 10.6 Å². The van der Waals surface area contributed by atoms with E-state index in [9.17, 15) is 4.79 Å². The first-order chi connectivity index (χ1) is 5.61. The fourth-order valence-corrected chi connectivity index (χ4v) is 0.905. The number of carbonyl (C=O) groups is 1. The van der Waals surface area contributed by atoms with Crippen LogP contribution in [0.25, 0.3) is 5.32 Å². The maximum Gasteiger partial charge on any atom is 0.320 e. The van der Waals surface area contributed by atoms with Gasteiger partial charge in [0.25, 0.3) is 0 Å². The predicted octanol–water partition coefficient (Wildman–Crippen LogP) is -0.165. The highest BCUT2D eigenvalue weighted by molar-refractivity contribution is 5.85. The highest BCUT2D eigenvalue weighted by atomic mass is 35.5. The van der Waals surface area contributed by atoms with Gasteiger partial charge in [-0.3, -0.25) is 4.79 Å². The van der Waals surface area contributed by atoms with Crippen LogP contribution in [0.1, 0.15) is 6.42 Å². The van der Waals surface area contributed by atoms with E-state index < -0.39 is 18.1 Å². The number of aliphatic hydroxyl groups excluding tert-OH is 1. The highest BCUT2D eigenvalue weighted by Crippen LogP contribution is 2.05. The van der Waals surface area contributed by atoms with E-state index in [1.807, 2.05) is 0 Å². The molecule has 0 aliphatic carbocycles. The van der Waals surface area contributed by atoms with Crippen molar-refractivity contribution in [3.8, 4) is 0 Å². The first-order valence-electron chi connectivity index (χ1n) is 3.74. The summed E-state index contributed by atoms with van der Waals surface area (Å²) >= 11 is 0. The van der Waals surface area contributed by atoms with E-state index in [0.29, 0.717) is 13.0 Å². The molecular weight excluding hydrogens is 196 g/mol. The van der Waals surface area contributed by atoms with Crippen LogP contribution >= 0.6 is 12.4 Å². The minimum atomic E-state index is -0.883. The third-order valence-corrected chi connectivity index (χ3v) is 1.41. The van der Waals surface area contributed by atoms with E-state index >= 15 is 0 Å². The topological polar surface area (TPSA) is 83.7 Å². The molecule has 1 fully saturated rings. The lowest BCUT2D eigenvalue weighted by atomic mass is 10.2. The third-order valence-electron chi connectivity index (χ3n) is 1.41. The Labute approximate surface area is 83.9 Å². The molecule has 0 saturated carbocycles. The van der Waals surface area contributed by atoms with E-state index in [-0.39, 0.29) is 12.4 Å². The van der Waals surface area contributed by atoms with E-state index in [0.717, 1.165) is 0 Å². The lowest BCUT2D eigenvalue weighted by molar-refractivity contribution is -0.139. The SMILES string of the molecule is C[N-]C.Cl.O=C(O)[C@@H]1C[C@@H](O)CN1. The van der Waals surface area contributed by atoms with Crippen molar-refractivity contribution >= 4 is 18.4 Å². The van der Waals surface area contributed by atoms with Gasteiger partial charge in [0.1, 0.15) is 6.04 Å². The zero-order valence-corrected chi connectivity index (χ0v) is 8.54. The number of carboxylic acids is 1. The Hall–Kier alpha value is -0.360. The third kappa shape index (κ3) is 6.77. The van der Waals surface area contributed by atoms with Crippen LogP contribution in [0.5, 0.6) is 0 Å². The molecule has 1 aliphatic rings. The van der Waals surface area contributed by atoms with Crippen molar-refractivity contribution in [2.45, 2.75) is 18.6 Å². The Morgan fingerprint density at radius 3 is 2.15 bits per heavy atom. The van der Waals surface area contributed by atoms with Gasteiger partial charge in [-0.1, -0.05) is 0 Å². The van der Waals surface area contributed by atoms with Crippen molar-refractivity contribution in [1.29, 1.82) is 0 Å². The molecule has 13 heavy (non-hydrogen) atoms. The molecule has 0 aromatic rings. The van der Waals surface area contributed by atoms with Crippen LogP contribution in [-0.2, 0) is 4.79 Å².